The first-order chi connectivity index (χ1) is 9.77. The second kappa shape index (κ2) is 6.16. The number of alkyl halides is 3. The van der Waals surface area contributed by atoms with Gasteiger partial charge in [0.15, 0.2) is 0 Å². The van der Waals surface area contributed by atoms with Crippen LogP contribution in [-0.4, -0.2) is 0 Å². The van der Waals surface area contributed by atoms with E-state index < -0.39 is 11.7 Å². The van der Waals surface area contributed by atoms with Gasteiger partial charge in [-0.25, -0.2) is 0 Å². The van der Waals surface area contributed by atoms with Crippen LogP contribution in [0.15, 0.2) is 36.4 Å². The molecule has 0 saturated heterocycles. The van der Waals surface area contributed by atoms with Crippen LogP contribution < -0.4 is 5.32 Å². The van der Waals surface area contributed by atoms with Crippen LogP contribution in [0.3, 0.4) is 0 Å². The van der Waals surface area contributed by atoms with E-state index in [0.29, 0.717) is 22.3 Å². The number of halogens is 5. The highest BCUT2D eigenvalue weighted by Gasteiger charge is 2.30. The fourth-order valence-electron chi connectivity index (χ4n) is 1.84. The smallest absolute Gasteiger partial charge is 0.381 e. The lowest BCUT2D eigenvalue weighted by molar-refractivity contribution is -0.137. The summed E-state index contributed by atoms with van der Waals surface area (Å²) < 4.78 is 38.1. The molecule has 0 aliphatic carbocycles. The van der Waals surface area contributed by atoms with Crippen LogP contribution in [0.2, 0.25) is 10.0 Å². The largest absolute Gasteiger partial charge is 0.416 e. The zero-order chi connectivity index (χ0) is 15.6. The van der Waals surface area contributed by atoms with Gasteiger partial charge in [0, 0.05) is 22.3 Å². The number of hydrogen-bond donors (Lipinski definition) is 1. The Balaban J connectivity index is 2.19. The third kappa shape index (κ3) is 4.05. The first kappa shape index (κ1) is 16.0. The Morgan fingerprint density at radius 3 is 2.38 bits per heavy atom. The maximum atomic E-state index is 12.7. The summed E-state index contributed by atoms with van der Waals surface area (Å²) in [6.07, 6.45) is -4.36. The lowest BCUT2D eigenvalue weighted by atomic mass is 10.1. The highest BCUT2D eigenvalue weighted by Crippen LogP contribution is 2.32. The fraction of sp³-hybridized carbons (Fsp3) is 0.200. The number of hydrogen-bond acceptors (Lipinski definition) is 1. The van der Waals surface area contributed by atoms with Gasteiger partial charge in [0.2, 0.25) is 0 Å². The van der Waals surface area contributed by atoms with Gasteiger partial charge in [0.1, 0.15) is 0 Å². The summed E-state index contributed by atoms with van der Waals surface area (Å²) in [4.78, 5) is 0. The maximum absolute atomic E-state index is 12.7. The summed E-state index contributed by atoms with van der Waals surface area (Å²) in [6.45, 7) is 2.06. The van der Waals surface area contributed by atoms with Crippen LogP contribution in [0.25, 0.3) is 0 Å². The molecular formula is C15H12Cl2F3N. The van der Waals surface area contributed by atoms with Crippen molar-refractivity contribution in [1.82, 2.24) is 0 Å². The van der Waals surface area contributed by atoms with E-state index in [1.54, 1.807) is 25.1 Å². The van der Waals surface area contributed by atoms with Crippen LogP contribution in [-0.2, 0) is 12.7 Å². The lowest BCUT2D eigenvalue weighted by Gasteiger charge is -2.14. The molecule has 0 heterocycles. The molecule has 1 N–H and O–H groups in total. The van der Waals surface area contributed by atoms with Crippen LogP contribution in [0.4, 0.5) is 18.9 Å². The molecule has 2 aromatic rings. The Morgan fingerprint density at radius 2 is 1.76 bits per heavy atom. The molecule has 2 rings (SSSR count). The Hall–Kier alpha value is -1.39. The zero-order valence-corrected chi connectivity index (χ0v) is 12.6. The van der Waals surface area contributed by atoms with Gasteiger partial charge >= 0.3 is 6.18 Å². The third-order valence-electron chi connectivity index (χ3n) is 3.05. The van der Waals surface area contributed by atoms with E-state index in [-0.39, 0.29) is 0 Å². The molecule has 0 aromatic heterocycles. The molecular weight excluding hydrogens is 322 g/mol. The Bertz CT molecular complexity index is 654. The standard InChI is InChI=1S/C15H12Cl2F3N/c1-9-2-4-11(15(18,19)20)6-14(9)21-8-10-3-5-12(16)7-13(10)17/h2-7,21H,8H2,1H3. The second-order valence-electron chi connectivity index (χ2n) is 4.62. The first-order valence-electron chi connectivity index (χ1n) is 6.13. The van der Waals surface area contributed by atoms with Gasteiger partial charge in [0.05, 0.1) is 5.56 Å². The molecule has 2 aromatic carbocycles. The van der Waals surface area contributed by atoms with E-state index in [4.69, 9.17) is 23.2 Å². The summed E-state index contributed by atoms with van der Waals surface area (Å²) in [7, 11) is 0. The monoisotopic (exact) mass is 333 g/mol. The number of aryl methyl sites for hydroxylation is 1. The van der Waals surface area contributed by atoms with Crippen molar-refractivity contribution in [2.45, 2.75) is 19.6 Å². The second-order valence-corrected chi connectivity index (χ2v) is 5.46. The number of rotatable bonds is 3. The van der Waals surface area contributed by atoms with Crippen molar-refractivity contribution in [1.29, 1.82) is 0 Å². The molecule has 0 aliphatic rings. The normalized spacial score (nSPS) is 11.5. The van der Waals surface area contributed by atoms with Gasteiger partial charge in [-0.3, -0.25) is 0 Å². The van der Waals surface area contributed by atoms with Crippen molar-refractivity contribution in [2.75, 3.05) is 5.32 Å². The zero-order valence-electron chi connectivity index (χ0n) is 11.1. The van der Waals surface area contributed by atoms with Crippen molar-refractivity contribution in [2.24, 2.45) is 0 Å². The van der Waals surface area contributed by atoms with E-state index in [2.05, 4.69) is 5.32 Å². The Kier molecular flexibility index (Phi) is 4.69. The SMILES string of the molecule is Cc1ccc(C(F)(F)F)cc1NCc1ccc(Cl)cc1Cl. The molecule has 0 fully saturated rings. The molecule has 0 amide bonds. The molecule has 112 valence electrons. The van der Waals surface area contributed by atoms with E-state index in [9.17, 15) is 13.2 Å². The summed E-state index contributed by atoms with van der Waals surface area (Å²) >= 11 is 11.8. The van der Waals surface area contributed by atoms with Gasteiger partial charge < -0.3 is 5.32 Å². The van der Waals surface area contributed by atoms with E-state index in [1.165, 1.54) is 6.07 Å². The van der Waals surface area contributed by atoms with Gasteiger partial charge in [-0.05, 0) is 42.3 Å². The van der Waals surface area contributed by atoms with E-state index in [0.717, 1.165) is 23.3 Å². The summed E-state index contributed by atoms with van der Waals surface area (Å²) in [5.41, 5.74) is 1.24. The van der Waals surface area contributed by atoms with Gasteiger partial charge in [-0.2, -0.15) is 13.2 Å². The lowest BCUT2D eigenvalue weighted by Crippen LogP contribution is -2.07. The molecule has 21 heavy (non-hydrogen) atoms. The topological polar surface area (TPSA) is 12.0 Å². The molecule has 1 nitrogen and oxygen atoms in total. The van der Waals surface area contributed by atoms with E-state index >= 15 is 0 Å². The first-order valence-corrected chi connectivity index (χ1v) is 6.88. The van der Waals surface area contributed by atoms with Crippen molar-refractivity contribution in [3.8, 4) is 0 Å². The van der Waals surface area contributed by atoms with Crippen LogP contribution in [0.5, 0.6) is 0 Å². The van der Waals surface area contributed by atoms with Crippen molar-refractivity contribution < 1.29 is 13.2 Å². The summed E-state index contributed by atoms with van der Waals surface area (Å²) in [6, 6.07) is 8.62. The Labute approximate surface area is 130 Å². The van der Waals surface area contributed by atoms with Crippen molar-refractivity contribution >= 4 is 28.9 Å². The predicted molar refractivity (Wildman–Crippen MR) is 80.0 cm³/mol. The number of benzene rings is 2. The fourth-order valence-corrected chi connectivity index (χ4v) is 2.32. The Morgan fingerprint density at radius 1 is 1.05 bits per heavy atom. The van der Waals surface area contributed by atoms with Crippen LogP contribution >= 0.6 is 23.2 Å². The molecule has 0 atom stereocenters. The highest BCUT2D eigenvalue weighted by atomic mass is 35.5. The van der Waals surface area contributed by atoms with Crippen molar-refractivity contribution in [3.05, 3.63) is 63.1 Å². The molecule has 0 aliphatic heterocycles. The van der Waals surface area contributed by atoms with E-state index in [1.807, 2.05) is 0 Å². The highest BCUT2D eigenvalue weighted by molar-refractivity contribution is 6.35. The number of nitrogens with one attached hydrogen (secondary N) is 1. The quantitative estimate of drug-likeness (QED) is 0.733. The van der Waals surface area contributed by atoms with Crippen LogP contribution in [0.1, 0.15) is 16.7 Å². The predicted octanol–water partition coefficient (Wildman–Crippen LogP) is 5.93. The minimum atomic E-state index is -4.36. The van der Waals surface area contributed by atoms with Crippen LogP contribution in [0, 0.1) is 6.92 Å². The van der Waals surface area contributed by atoms with Gasteiger partial charge in [0.25, 0.3) is 0 Å². The molecule has 0 bridgehead atoms. The molecule has 0 saturated carbocycles. The van der Waals surface area contributed by atoms with Crippen molar-refractivity contribution in [3.63, 3.8) is 0 Å². The maximum Gasteiger partial charge on any atom is 0.416 e. The summed E-state index contributed by atoms with van der Waals surface area (Å²) in [5.74, 6) is 0. The molecule has 0 spiro atoms. The average Bonchev–Trinajstić information content (AvgIpc) is 2.38. The molecule has 6 heteroatoms. The summed E-state index contributed by atoms with van der Waals surface area (Å²) in [5, 5.41) is 3.96. The minimum absolute atomic E-state index is 0.318. The minimum Gasteiger partial charge on any atom is -0.381 e. The van der Waals surface area contributed by atoms with Gasteiger partial charge in [-0.1, -0.05) is 35.3 Å². The number of anilines is 1. The molecule has 0 unspecified atom stereocenters. The van der Waals surface area contributed by atoms with Gasteiger partial charge in [-0.15, -0.1) is 0 Å². The third-order valence-corrected chi connectivity index (χ3v) is 3.64. The molecule has 0 radical (unpaired) electrons. The average molecular weight is 334 g/mol.